The summed E-state index contributed by atoms with van der Waals surface area (Å²) in [5, 5.41) is 3.16. The second-order valence-electron chi connectivity index (χ2n) is 7.83. The van der Waals surface area contributed by atoms with Crippen molar-refractivity contribution in [3.63, 3.8) is 0 Å². The van der Waals surface area contributed by atoms with Gasteiger partial charge in [-0.3, -0.25) is 9.69 Å². The summed E-state index contributed by atoms with van der Waals surface area (Å²) in [4.78, 5) is 23.6. The number of ether oxygens (including phenoxy) is 1. The van der Waals surface area contributed by atoms with E-state index in [1.54, 1.807) is 12.4 Å². The molecule has 2 aliphatic carbocycles. The molecule has 2 aliphatic heterocycles. The van der Waals surface area contributed by atoms with Crippen LogP contribution in [0.3, 0.4) is 0 Å². The fourth-order valence-electron chi connectivity index (χ4n) is 4.03. The van der Waals surface area contributed by atoms with Crippen molar-refractivity contribution < 1.29 is 9.53 Å². The first kappa shape index (κ1) is 14.8. The molecule has 1 N–H and O–H groups in total. The van der Waals surface area contributed by atoms with E-state index in [4.69, 9.17) is 4.74 Å². The van der Waals surface area contributed by atoms with Gasteiger partial charge in [0.05, 0.1) is 18.3 Å². The van der Waals surface area contributed by atoms with Gasteiger partial charge in [-0.15, -0.1) is 0 Å². The zero-order valence-electron chi connectivity index (χ0n) is 13.9. The maximum Gasteiger partial charge on any atom is 0.254 e. The Labute approximate surface area is 142 Å². The molecule has 5 rings (SSSR count). The summed E-state index contributed by atoms with van der Waals surface area (Å²) in [5.74, 6) is 2.13. The van der Waals surface area contributed by atoms with Crippen LogP contribution in [0.4, 0.5) is 0 Å². The van der Waals surface area contributed by atoms with Crippen molar-refractivity contribution in [3.8, 4) is 0 Å². The Kier molecular flexibility index (Phi) is 3.56. The third-order valence-electron chi connectivity index (χ3n) is 5.80. The highest BCUT2D eigenvalue weighted by molar-refractivity contribution is 5.93. The minimum absolute atomic E-state index is 0.0538. The number of hydrogen-bond donors (Lipinski definition) is 1. The first-order chi connectivity index (χ1) is 11.8. The van der Waals surface area contributed by atoms with E-state index >= 15 is 0 Å². The first-order valence-electron chi connectivity index (χ1n) is 9.25. The van der Waals surface area contributed by atoms with Crippen LogP contribution in [-0.4, -0.2) is 58.7 Å². The molecule has 1 aromatic heterocycles. The largest absolute Gasteiger partial charge is 0.375 e. The molecule has 3 atom stereocenters. The third-order valence-corrected chi connectivity index (χ3v) is 5.80. The van der Waals surface area contributed by atoms with E-state index in [-0.39, 0.29) is 11.9 Å². The van der Waals surface area contributed by atoms with E-state index in [0.717, 1.165) is 37.9 Å². The van der Waals surface area contributed by atoms with Gasteiger partial charge in [0, 0.05) is 43.5 Å². The van der Waals surface area contributed by atoms with Crippen molar-refractivity contribution in [1.29, 1.82) is 0 Å². The number of morpholine rings is 1. The van der Waals surface area contributed by atoms with Crippen molar-refractivity contribution in [1.82, 2.24) is 20.2 Å². The number of rotatable bonds is 4. The summed E-state index contributed by atoms with van der Waals surface area (Å²) in [6.45, 7) is 2.78. The molecule has 4 fully saturated rings. The molecule has 2 saturated carbocycles. The maximum atomic E-state index is 12.4. The minimum Gasteiger partial charge on any atom is -0.375 e. The molecule has 0 aromatic carbocycles. The normalized spacial score (nSPS) is 33.2. The molecule has 128 valence electrons. The van der Waals surface area contributed by atoms with Crippen molar-refractivity contribution in [2.75, 3.05) is 19.7 Å². The fourth-order valence-corrected chi connectivity index (χ4v) is 4.03. The lowest BCUT2D eigenvalue weighted by Gasteiger charge is -2.35. The smallest absolute Gasteiger partial charge is 0.254 e. The number of hydrogen-bond acceptors (Lipinski definition) is 5. The fraction of sp³-hybridized carbons (Fsp3) is 0.722. The molecule has 1 aromatic rings. The zero-order valence-corrected chi connectivity index (χ0v) is 13.9. The first-order valence-corrected chi connectivity index (χ1v) is 9.25. The van der Waals surface area contributed by atoms with E-state index in [2.05, 4.69) is 20.2 Å². The molecule has 1 amide bonds. The predicted octanol–water partition coefficient (Wildman–Crippen LogP) is 1.34. The van der Waals surface area contributed by atoms with Crippen molar-refractivity contribution in [2.24, 2.45) is 5.92 Å². The summed E-state index contributed by atoms with van der Waals surface area (Å²) in [6.07, 6.45) is 9.72. The van der Waals surface area contributed by atoms with Crippen LogP contribution in [0.25, 0.3) is 0 Å². The van der Waals surface area contributed by atoms with Gasteiger partial charge in [0.2, 0.25) is 0 Å². The molecule has 6 nitrogen and oxygen atoms in total. The number of nitrogens with zero attached hydrogens (tertiary/aromatic N) is 3. The Bertz CT molecular complexity index is 626. The number of fused-ring (bicyclic) bond motifs is 1. The summed E-state index contributed by atoms with van der Waals surface area (Å²) < 4.78 is 6.02. The summed E-state index contributed by atoms with van der Waals surface area (Å²) in [5.41, 5.74) is 0.566. The average molecular weight is 328 g/mol. The Balaban J connectivity index is 1.18. The second-order valence-corrected chi connectivity index (χ2v) is 7.83. The Morgan fingerprint density at radius 1 is 1.17 bits per heavy atom. The van der Waals surface area contributed by atoms with Crippen LogP contribution in [0.5, 0.6) is 0 Å². The van der Waals surface area contributed by atoms with Gasteiger partial charge >= 0.3 is 0 Å². The molecule has 0 bridgehead atoms. The number of carbonyl (C=O) groups excluding carboxylic acids is 1. The molecule has 6 heteroatoms. The average Bonchev–Trinajstić information content (AvgIpc) is 3.50. The van der Waals surface area contributed by atoms with Crippen molar-refractivity contribution >= 4 is 5.91 Å². The van der Waals surface area contributed by atoms with Gasteiger partial charge in [-0.05, 0) is 38.0 Å². The van der Waals surface area contributed by atoms with Crippen LogP contribution in [0.1, 0.15) is 54.2 Å². The highest BCUT2D eigenvalue weighted by atomic mass is 16.5. The maximum absolute atomic E-state index is 12.4. The topological polar surface area (TPSA) is 67.3 Å². The highest BCUT2D eigenvalue weighted by Gasteiger charge is 2.42. The standard InChI is InChI=1S/C18H24N4O2/c23-18(13-6-19-17(20-7-13)12-3-4-12)21-14-5-15-10-24-16(11-1-2-11)9-22(15)8-14/h6-7,11-12,14-16H,1-5,8-10H2,(H,21,23)/t14-,15+,16-/m1/s1. The quantitative estimate of drug-likeness (QED) is 0.903. The van der Waals surface area contributed by atoms with E-state index in [9.17, 15) is 4.79 Å². The van der Waals surface area contributed by atoms with Crippen LogP contribution >= 0.6 is 0 Å². The summed E-state index contributed by atoms with van der Waals surface area (Å²) in [7, 11) is 0. The SMILES string of the molecule is O=C(N[C@@H]1C[C@H]2CO[C@@H](C3CC3)CN2C1)c1cnc(C2CC2)nc1. The Morgan fingerprint density at radius 3 is 2.67 bits per heavy atom. The van der Waals surface area contributed by atoms with Gasteiger partial charge in [-0.25, -0.2) is 9.97 Å². The lowest BCUT2D eigenvalue weighted by atomic mass is 10.1. The Morgan fingerprint density at radius 2 is 1.96 bits per heavy atom. The molecule has 3 heterocycles. The molecule has 0 unspecified atom stereocenters. The lowest BCUT2D eigenvalue weighted by molar-refractivity contribution is -0.0581. The predicted molar refractivity (Wildman–Crippen MR) is 87.7 cm³/mol. The molecular weight excluding hydrogens is 304 g/mol. The van der Waals surface area contributed by atoms with E-state index < -0.39 is 0 Å². The zero-order chi connectivity index (χ0) is 16.1. The van der Waals surface area contributed by atoms with Crippen molar-refractivity contribution in [2.45, 2.75) is 56.2 Å². The van der Waals surface area contributed by atoms with Gasteiger partial charge in [-0.2, -0.15) is 0 Å². The van der Waals surface area contributed by atoms with Gasteiger partial charge in [0.15, 0.2) is 0 Å². The molecule has 0 spiro atoms. The summed E-state index contributed by atoms with van der Waals surface area (Å²) >= 11 is 0. The summed E-state index contributed by atoms with van der Waals surface area (Å²) in [6, 6.07) is 0.658. The molecule has 4 aliphatic rings. The minimum atomic E-state index is -0.0538. The monoisotopic (exact) mass is 328 g/mol. The third kappa shape index (κ3) is 2.93. The molecule has 24 heavy (non-hydrogen) atoms. The molecule has 2 saturated heterocycles. The van der Waals surface area contributed by atoms with E-state index in [0.29, 0.717) is 23.6 Å². The van der Waals surface area contributed by atoms with E-state index in [1.165, 1.54) is 25.7 Å². The lowest BCUT2D eigenvalue weighted by Crippen LogP contribution is -2.47. The van der Waals surface area contributed by atoms with Gasteiger partial charge < -0.3 is 10.1 Å². The van der Waals surface area contributed by atoms with Crippen LogP contribution in [0.15, 0.2) is 12.4 Å². The highest BCUT2D eigenvalue weighted by Crippen LogP contribution is 2.38. The molecule has 0 radical (unpaired) electrons. The van der Waals surface area contributed by atoms with Crippen LogP contribution in [0.2, 0.25) is 0 Å². The second kappa shape index (κ2) is 5.77. The Hall–Kier alpha value is -1.53. The number of carbonyl (C=O) groups is 1. The van der Waals surface area contributed by atoms with Crippen molar-refractivity contribution in [3.05, 3.63) is 23.8 Å². The number of aromatic nitrogens is 2. The van der Waals surface area contributed by atoms with Crippen LogP contribution in [0, 0.1) is 5.92 Å². The number of nitrogens with one attached hydrogen (secondary N) is 1. The van der Waals surface area contributed by atoms with Gasteiger partial charge in [0.25, 0.3) is 5.91 Å². The number of amides is 1. The van der Waals surface area contributed by atoms with Gasteiger partial charge in [-0.1, -0.05) is 0 Å². The van der Waals surface area contributed by atoms with Crippen LogP contribution < -0.4 is 5.32 Å². The van der Waals surface area contributed by atoms with Gasteiger partial charge in [0.1, 0.15) is 5.82 Å². The molecular formula is C18H24N4O2. The van der Waals surface area contributed by atoms with E-state index in [1.807, 2.05) is 0 Å². The van der Waals surface area contributed by atoms with Crippen LogP contribution in [-0.2, 0) is 4.74 Å².